The lowest BCUT2D eigenvalue weighted by Gasteiger charge is -2.44. The number of aromatic nitrogens is 2. The Morgan fingerprint density at radius 1 is 1.15 bits per heavy atom. The Morgan fingerprint density at radius 3 is 2.58 bits per heavy atom. The van der Waals surface area contributed by atoms with Crippen molar-refractivity contribution >= 4 is 23.2 Å². The molecule has 2 aliphatic heterocycles. The van der Waals surface area contributed by atoms with Crippen LogP contribution >= 0.6 is 11.6 Å². The number of fused-ring (bicyclic) bond motifs is 1. The lowest BCUT2D eigenvalue weighted by atomic mass is 9.81. The van der Waals surface area contributed by atoms with Crippen LogP contribution < -0.4 is 9.64 Å². The van der Waals surface area contributed by atoms with Gasteiger partial charge in [-0.1, -0.05) is 6.07 Å². The molecule has 0 radical (unpaired) electrons. The Balaban J connectivity index is 1.57. The molecule has 0 unspecified atom stereocenters. The van der Waals surface area contributed by atoms with Crippen molar-refractivity contribution in [3.8, 4) is 5.75 Å². The average Bonchev–Trinajstić information content (AvgIpc) is 2.58. The van der Waals surface area contributed by atoms with Gasteiger partial charge in [0, 0.05) is 37.7 Å². The molecule has 1 spiro atoms. The molecule has 1 aromatic carbocycles. The second-order valence-corrected chi connectivity index (χ2v) is 7.73. The summed E-state index contributed by atoms with van der Waals surface area (Å²) in [6.45, 7) is 7.55. The van der Waals surface area contributed by atoms with Crippen LogP contribution in [0, 0.1) is 20.8 Å². The number of benzene rings is 1. The van der Waals surface area contributed by atoms with Crippen LogP contribution in [0.25, 0.3) is 0 Å². The van der Waals surface area contributed by atoms with Gasteiger partial charge in [0.05, 0.1) is 12.0 Å². The number of halogens is 1. The molecule has 0 N–H and O–H groups in total. The molecular weight excluding hydrogens is 350 g/mol. The topological polar surface area (TPSA) is 55.3 Å². The Morgan fingerprint density at radius 2 is 1.88 bits per heavy atom. The van der Waals surface area contributed by atoms with Crippen molar-refractivity contribution in [2.24, 2.45) is 0 Å². The number of ether oxygens (including phenoxy) is 1. The fourth-order valence-electron chi connectivity index (χ4n) is 3.88. The van der Waals surface area contributed by atoms with Gasteiger partial charge in [-0.15, -0.1) is 0 Å². The normalized spacial score (nSPS) is 18.6. The van der Waals surface area contributed by atoms with Crippen molar-refractivity contribution in [3.63, 3.8) is 0 Å². The quantitative estimate of drug-likeness (QED) is 0.707. The Labute approximate surface area is 158 Å². The molecule has 1 fully saturated rings. The molecule has 1 saturated heterocycles. The first kappa shape index (κ1) is 17.3. The predicted octanol–water partition coefficient (Wildman–Crippen LogP) is 4.06. The minimum atomic E-state index is -0.412. The van der Waals surface area contributed by atoms with Gasteiger partial charge in [0.15, 0.2) is 5.78 Å². The van der Waals surface area contributed by atoms with Gasteiger partial charge < -0.3 is 9.64 Å². The molecule has 0 atom stereocenters. The molecule has 2 aliphatic rings. The number of piperidine rings is 1. The van der Waals surface area contributed by atoms with Gasteiger partial charge in [-0.05, 0) is 49.6 Å². The molecule has 0 amide bonds. The lowest BCUT2D eigenvalue weighted by Crippen LogP contribution is -2.51. The molecule has 136 valence electrons. The summed E-state index contributed by atoms with van der Waals surface area (Å²) >= 11 is 6.00. The number of hydrogen-bond acceptors (Lipinski definition) is 5. The van der Waals surface area contributed by atoms with Gasteiger partial charge in [-0.25, -0.2) is 9.97 Å². The van der Waals surface area contributed by atoms with Gasteiger partial charge in [0.1, 0.15) is 17.2 Å². The maximum atomic E-state index is 12.7. The molecule has 0 bridgehead atoms. The highest BCUT2D eigenvalue weighted by Gasteiger charge is 2.43. The van der Waals surface area contributed by atoms with Gasteiger partial charge in [0.2, 0.25) is 5.28 Å². The van der Waals surface area contributed by atoms with E-state index in [1.807, 2.05) is 32.0 Å². The third kappa shape index (κ3) is 2.94. The number of rotatable bonds is 1. The minimum Gasteiger partial charge on any atom is -0.486 e. The number of carbonyl (C=O) groups is 1. The van der Waals surface area contributed by atoms with E-state index in [4.69, 9.17) is 16.3 Å². The van der Waals surface area contributed by atoms with Crippen LogP contribution in [-0.4, -0.2) is 34.4 Å². The first-order valence-electron chi connectivity index (χ1n) is 8.95. The zero-order valence-corrected chi connectivity index (χ0v) is 16.1. The monoisotopic (exact) mass is 371 g/mol. The zero-order valence-electron chi connectivity index (χ0n) is 15.3. The highest BCUT2D eigenvalue weighted by molar-refractivity contribution is 6.28. The van der Waals surface area contributed by atoms with Gasteiger partial charge >= 0.3 is 0 Å². The second kappa shape index (κ2) is 6.23. The van der Waals surface area contributed by atoms with Crippen LogP contribution in [0.3, 0.4) is 0 Å². The number of carbonyl (C=O) groups excluding carboxylic acids is 1. The number of ketones is 1. The Bertz CT molecular complexity index is 869. The molecule has 6 heteroatoms. The highest BCUT2D eigenvalue weighted by atomic mass is 35.5. The summed E-state index contributed by atoms with van der Waals surface area (Å²) in [7, 11) is 0. The van der Waals surface area contributed by atoms with Gasteiger partial charge in [-0.2, -0.15) is 0 Å². The van der Waals surface area contributed by atoms with E-state index in [0.717, 1.165) is 59.9 Å². The maximum Gasteiger partial charge on any atom is 0.224 e. The van der Waals surface area contributed by atoms with Crippen LogP contribution in [0.15, 0.2) is 18.2 Å². The first-order chi connectivity index (χ1) is 12.4. The van der Waals surface area contributed by atoms with Crippen LogP contribution in [0.1, 0.15) is 46.4 Å². The highest BCUT2D eigenvalue weighted by Crippen LogP contribution is 2.42. The molecule has 1 aromatic heterocycles. The van der Waals surface area contributed by atoms with Crippen LogP contribution in [0.2, 0.25) is 5.28 Å². The summed E-state index contributed by atoms with van der Waals surface area (Å²) in [6.07, 6.45) is 2.01. The largest absolute Gasteiger partial charge is 0.486 e. The summed E-state index contributed by atoms with van der Waals surface area (Å²) in [5.41, 5.74) is 3.38. The second-order valence-electron chi connectivity index (χ2n) is 7.39. The Kier molecular flexibility index (Phi) is 4.14. The molecule has 5 nitrogen and oxygen atoms in total. The summed E-state index contributed by atoms with van der Waals surface area (Å²) in [4.78, 5) is 23.4. The van der Waals surface area contributed by atoms with Gasteiger partial charge in [-0.3, -0.25) is 4.79 Å². The van der Waals surface area contributed by atoms with Crippen LogP contribution in [-0.2, 0) is 0 Å². The van der Waals surface area contributed by atoms with E-state index in [2.05, 4.69) is 21.8 Å². The summed E-state index contributed by atoms with van der Waals surface area (Å²) < 4.78 is 6.47. The maximum absolute atomic E-state index is 12.7. The smallest absolute Gasteiger partial charge is 0.224 e. The molecule has 0 aliphatic carbocycles. The average molecular weight is 372 g/mol. The standard InChI is InChI=1S/C20H22ClN3O2/c1-12-4-5-15-16(25)11-20(26-18(15)14(12)3)6-8-24(9-7-20)17-10-13(2)22-19(21)23-17/h4-5,10H,6-9,11H2,1-3H3. The van der Waals surface area contributed by atoms with E-state index in [9.17, 15) is 4.79 Å². The van der Waals surface area contributed by atoms with E-state index in [0.29, 0.717) is 6.42 Å². The van der Waals surface area contributed by atoms with Crippen molar-refractivity contribution in [2.75, 3.05) is 18.0 Å². The number of Topliss-reactive ketones (excluding diaryl/α,β-unsaturated/α-hetero) is 1. The van der Waals surface area contributed by atoms with E-state index < -0.39 is 5.60 Å². The SMILES string of the molecule is Cc1cc(N2CCC3(CC2)CC(=O)c2ccc(C)c(C)c2O3)nc(Cl)n1. The molecule has 3 heterocycles. The molecule has 4 rings (SSSR count). The van der Waals surface area contributed by atoms with Crippen LogP contribution in [0.4, 0.5) is 5.82 Å². The van der Waals surface area contributed by atoms with Gasteiger partial charge in [0.25, 0.3) is 0 Å². The third-order valence-electron chi connectivity index (χ3n) is 5.59. The number of aryl methyl sites for hydroxylation is 2. The lowest BCUT2D eigenvalue weighted by molar-refractivity contribution is 0.0225. The molecule has 0 saturated carbocycles. The number of anilines is 1. The van der Waals surface area contributed by atoms with Crippen molar-refractivity contribution < 1.29 is 9.53 Å². The minimum absolute atomic E-state index is 0.184. The van der Waals surface area contributed by atoms with E-state index >= 15 is 0 Å². The van der Waals surface area contributed by atoms with E-state index in [-0.39, 0.29) is 11.1 Å². The molecular formula is C20H22ClN3O2. The first-order valence-corrected chi connectivity index (χ1v) is 9.33. The van der Waals surface area contributed by atoms with Crippen molar-refractivity contribution in [1.29, 1.82) is 0 Å². The molecule has 2 aromatic rings. The summed E-state index contributed by atoms with van der Waals surface area (Å²) in [6, 6.07) is 5.84. The summed E-state index contributed by atoms with van der Waals surface area (Å²) in [5, 5.41) is 0.268. The van der Waals surface area contributed by atoms with Crippen molar-refractivity contribution in [1.82, 2.24) is 9.97 Å². The fraction of sp³-hybridized carbons (Fsp3) is 0.450. The fourth-order valence-corrected chi connectivity index (χ4v) is 4.10. The van der Waals surface area contributed by atoms with Crippen LogP contribution in [0.5, 0.6) is 5.75 Å². The number of hydrogen-bond donors (Lipinski definition) is 0. The van der Waals surface area contributed by atoms with Crippen molar-refractivity contribution in [3.05, 3.63) is 45.9 Å². The molecule has 26 heavy (non-hydrogen) atoms. The number of nitrogens with zero attached hydrogens (tertiary/aromatic N) is 3. The van der Waals surface area contributed by atoms with Crippen molar-refractivity contribution in [2.45, 2.75) is 45.6 Å². The zero-order chi connectivity index (χ0) is 18.5. The summed E-state index contributed by atoms with van der Waals surface area (Å²) in [5.74, 6) is 1.80. The van der Waals surface area contributed by atoms with E-state index in [1.54, 1.807) is 0 Å². The van der Waals surface area contributed by atoms with E-state index in [1.165, 1.54) is 0 Å². The predicted molar refractivity (Wildman–Crippen MR) is 101 cm³/mol. The third-order valence-corrected chi connectivity index (χ3v) is 5.76. The Hall–Kier alpha value is -2.14.